The third-order valence-electron chi connectivity index (χ3n) is 3.43. The minimum Gasteiger partial charge on any atom is -0.350 e. The van der Waals surface area contributed by atoms with Crippen LogP contribution >= 0.6 is 0 Å². The number of amides is 1. The first-order valence-corrected chi connectivity index (χ1v) is 10.9. The van der Waals surface area contributed by atoms with Gasteiger partial charge >= 0.3 is 23.9 Å². The monoisotopic (exact) mass is 503 g/mol. The van der Waals surface area contributed by atoms with Crippen molar-refractivity contribution in [2.75, 3.05) is 17.3 Å². The highest BCUT2D eigenvalue weighted by molar-refractivity contribution is 7.85. The molecule has 0 spiro atoms. The molecule has 0 aliphatic heterocycles. The van der Waals surface area contributed by atoms with E-state index in [1.165, 1.54) is 13.8 Å². The summed E-state index contributed by atoms with van der Waals surface area (Å²) >= 11 is 0. The molecule has 6 nitrogen and oxygen atoms in total. The molecule has 0 aliphatic rings. The Labute approximate surface area is 167 Å². The van der Waals surface area contributed by atoms with Crippen molar-refractivity contribution >= 4 is 26.8 Å². The number of carbonyl (C=O) groups excluding carboxylic acids is 1. The molecular formula is C13H18F9NO5S2. The summed E-state index contributed by atoms with van der Waals surface area (Å²) in [6, 6.07) is 0. The van der Waals surface area contributed by atoms with Gasteiger partial charge in [0.05, 0.1) is 11.3 Å². The maximum absolute atomic E-state index is 13.3. The fraction of sp³-hybridized carbons (Fsp3) is 0.923. The van der Waals surface area contributed by atoms with Gasteiger partial charge in [0.25, 0.3) is 10.1 Å². The SMILES string of the molecule is CC(C)(CS(=O)(=O)O)NC(=O)CCS(=O)CCC(F)(F)C(F)(F)C(F)(F)C(F)(F)F. The summed E-state index contributed by atoms with van der Waals surface area (Å²) in [6.45, 7) is 2.36. The normalized spacial score (nSPS) is 15.7. The van der Waals surface area contributed by atoms with Gasteiger partial charge in [0.2, 0.25) is 5.91 Å². The Morgan fingerprint density at radius 1 is 0.933 bits per heavy atom. The van der Waals surface area contributed by atoms with E-state index in [0.717, 1.165) is 0 Å². The van der Waals surface area contributed by atoms with Crippen LogP contribution in [0.1, 0.15) is 26.7 Å². The summed E-state index contributed by atoms with van der Waals surface area (Å²) in [4.78, 5) is 11.6. The third kappa shape index (κ3) is 7.86. The van der Waals surface area contributed by atoms with E-state index in [1.54, 1.807) is 0 Å². The second kappa shape index (κ2) is 9.18. The summed E-state index contributed by atoms with van der Waals surface area (Å²) in [5, 5.41) is 2.10. The molecule has 0 aromatic heterocycles. The molecule has 0 saturated heterocycles. The smallest absolute Gasteiger partial charge is 0.350 e. The van der Waals surface area contributed by atoms with Crippen molar-refractivity contribution in [3.05, 3.63) is 0 Å². The maximum Gasteiger partial charge on any atom is 0.460 e. The van der Waals surface area contributed by atoms with Crippen molar-refractivity contribution in [2.24, 2.45) is 0 Å². The van der Waals surface area contributed by atoms with Crippen molar-refractivity contribution in [1.29, 1.82) is 0 Å². The lowest BCUT2D eigenvalue weighted by Gasteiger charge is -2.33. The van der Waals surface area contributed by atoms with Gasteiger partial charge < -0.3 is 5.32 Å². The van der Waals surface area contributed by atoms with Gasteiger partial charge in [-0.15, -0.1) is 0 Å². The second-order valence-corrected chi connectivity index (χ2v) is 10.0. The third-order valence-corrected chi connectivity index (χ3v) is 5.84. The fourth-order valence-corrected chi connectivity index (χ4v) is 4.13. The lowest BCUT2D eigenvalue weighted by Crippen LogP contribution is -2.61. The van der Waals surface area contributed by atoms with Crippen LogP contribution < -0.4 is 5.32 Å². The van der Waals surface area contributed by atoms with E-state index in [2.05, 4.69) is 5.32 Å². The average Bonchev–Trinajstić information content (AvgIpc) is 2.46. The van der Waals surface area contributed by atoms with Crippen molar-refractivity contribution < 1.29 is 61.5 Å². The lowest BCUT2D eigenvalue weighted by atomic mass is 10.0. The molecule has 1 atom stereocenters. The molecule has 0 rings (SSSR count). The summed E-state index contributed by atoms with van der Waals surface area (Å²) in [6.07, 6.45) is -9.94. The van der Waals surface area contributed by atoms with Gasteiger partial charge in [0, 0.05) is 35.1 Å². The Bertz CT molecular complexity index is 751. The summed E-state index contributed by atoms with van der Waals surface area (Å²) in [5.41, 5.74) is -1.50. The largest absolute Gasteiger partial charge is 0.460 e. The minimum atomic E-state index is -7.04. The molecule has 2 N–H and O–H groups in total. The number of carbonyl (C=O) groups is 1. The van der Waals surface area contributed by atoms with Crippen LogP contribution in [-0.4, -0.2) is 69.8 Å². The Morgan fingerprint density at radius 2 is 1.40 bits per heavy atom. The van der Waals surface area contributed by atoms with E-state index in [4.69, 9.17) is 4.55 Å². The zero-order chi connectivity index (χ0) is 24.4. The van der Waals surface area contributed by atoms with Gasteiger partial charge in [-0.3, -0.25) is 13.6 Å². The number of nitrogens with one attached hydrogen (secondary N) is 1. The molecule has 0 aliphatic carbocycles. The summed E-state index contributed by atoms with van der Waals surface area (Å²) in [7, 11) is -6.98. The van der Waals surface area contributed by atoms with Crippen LogP contribution in [0.4, 0.5) is 39.5 Å². The van der Waals surface area contributed by atoms with Crippen LogP contribution in [0.5, 0.6) is 0 Å². The molecule has 30 heavy (non-hydrogen) atoms. The van der Waals surface area contributed by atoms with E-state index >= 15 is 0 Å². The Kier molecular flexibility index (Phi) is 8.84. The van der Waals surface area contributed by atoms with Crippen LogP contribution in [0.3, 0.4) is 0 Å². The molecule has 0 heterocycles. The van der Waals surface area contributed by atoms with Crippen molar-refractivity contribution in [1.82, 2.24) is 5.32 Å². The highest BCUT2D eigenvalue weighted by Gasteiger charge is 2.81. The minimum absolute atomic E-state index is 0.706. The van der Waals surface area contributed by atoms with Crippen LogP contribution in [0.15, 0.2) is 0 Å². The topological polar surface area (TPSA) is 101 Å². The van der Waals surface area contributed by atoms with Gasteiger partial charge in [-0.25, -0.2) is 0 Å². The zero-order valence-corrected chi connectivity index (χ0v) is 17.0. The van der Waals surface area contributed by atoms with E-state index in [9.17, 15) is 56.9 Å². The van der Waals surface area contributed by atoms with E-state index in [0.29, 0.717) is 0 Å². The van der Waals surface area contributed by atoms with Crippen molar-refractivity contribution in [2.45, 2.75) is 56.2 Å². The van der Waals surface area contributed by atoms with Crippen LogP contribution in [0, 0.1) is 0 Å². The molecule has 0 bridgehead atoms. The Balaban J connectivity index is 4.86. The summed E-state index contributed by atoms with van der Waals surface area (Å²) in [5.74, 6) is -23.8. The first-order chi connectivity index (χ1) is 13.0. The van der Waals surface area contributed by atoms with Crippen molar-refractivity contribution in [3.63, 3.8) is 0 Å². The molecule has 1 amide bonds. The van der Waals surface area contributed by atoms with Gasteiger partial charge in [0.15, 0.2) is 0 Å². The standard InChI is InChI=1S/C13H18F9NO5S2/c1-9(2,7-30(26,27)28)23-8(24)3-5-29(25)6-4-10(14,15)11(16,17)12(18,19)13(20,21)22/h3-7H2,1-2H3,(H,23,24)(H,26,27,28). The van der Waals surface area contributed by atoms with E-state index in [1.807, 2.05) is 0 Å². The second-order valence-electron chi connectivity index (χ2n) is 6.86. The van der Waals surface area contributed by atoms with Crippen LogP contribution in [0.2, 0.25) is 0 Å². The van der Waals surface area contributed by atoms with Crippen LogP contribution in [0.25, 0.3) is 0 Å². The quantitative estimate of drug-likeness (QED) is 0.334. The van der Waals surface area contributed by atoms with Gasteiger partial charge in [-0.2, -0.15) is 47.9 Å². The molecule has 180 valence electrons. The highest BCUT2D eigenvalue weighted by atomic mass is 32.2. The number of hydrogen-bond acceptors (Lipinski definition) is 4. The number of hydrogen-bond donors (Lipinski definition) is 2. The first-order valence-electron chi connectivity index (χ1n) is 7.76. The lowest BCUT2D eigenvalue weighted by molar-refractivity contribution is -0.396. The molecule has 0 aromatic rings. The molecule has 1 unspecified atom stereocenters. The molecule has 0 saturated carbocycles. The Hall–Kier alpha value is -1.10. The van der Waals surface area contributed by atoms with E-state index in [-0.39, 0.29) is 0 Å². The fourth-order valence-electron chi connectivity index (χ4n) is 2.05. The van der Waals surface area contributed by atoms with Gasteiger partial charge in [-0.05, 0) is 13.8 Å². The molecule has 0 aromatic carbocycles. The zero-order valence-electron chi connectivity index (χ0n) is 15.3. The number of rotatable bonds is 11. The average molecular weight is 503 g/mol. The predicted octanol–water partition coefficient (Wildman–Crippen LogP) is 2.77. The highest BCUT2D eigenvalue weighted by Crippen LogP contribution is 2.53. The first kappa shape index (κ1) is 28.9. The van der Waals surface area contributed by atoms with Gasteiger partial charge in [0.1, 0.15) is 0 Å². The molecule has 0 fully saturated rings. The molecule has 0 radical (unpaired) electrons. The Morgan fingerprint density at radius 3 is 1.80 bits per heavy atom. The number of alkyl halides is 9. The van der Waals surface area contributed by atoms with Gasteiger partial charge in [-0.1, -0.05) is 0 Å². The molecule has 17 heteroatoms. The van der Waals surface area contributed by atoms with E-state index < -0.39 is 86.4 Å². The van der Waals surface area contributed by atoms with Crippen LogP contribution in [-0.2, 0) is 25.7 Å². The predicted molar refractivity (Wildman–Crippen MR) is 86.6 cm³/mol. The number of halogens is 9. The molecular weight excluding hydrogens is 485 g/mol. The van der Waals surface area contributed by atoms with Crippen molar-refractivity contribution in [3.8, 4) is 0 Å². The maximum atomic E-state index is 13.3. The summed E-state index contributed by atoms with van der Waals surface area (Å²) < 4.78 is 156.